The van der Waals surface area contributed by atoms with Crippen molar-refractivity contribution in [1.29, 1.82) is 5.26 Å². The number of hydrogen-bond donors (Lipinski definition) is 0. The molecule has 2 atom stereocenters. The first kappa shape index (κ1) is 9.62. The summed E-state index contributed by atoms with van der Waals surface area (Å²) in [5.74, 6) is 0. The van der Waals surface area contributed by atoms with Crippen LogP contribution in [0.25, 0.3) is 0 Å². The number of fused-ring (bicyclic) bond motifs is 2. The zero-order valence-electron chi connectivity index (χ0n) is 9.11. The van der Waals surface area contributed by atoms with E-state index in [0.29, 0.717) is 12.1 Å². The first-order valence-electron chi connectivity index (χ1n) is 6.21. The molecule has 3 aliphatic rings. The fourth-order valence-corrected chi connectivity index (χ4v) is 3.44. The number of rotatable bonds is 1. The second-order valence-electron chi connectivity index (χ2n) is 5.22. The highest BCUT2D eigenvalue weighted by molar-refractivity contribution is 5.11. The fourth-order valence-electron chi connectivity index (χ4n) is 3.44. The predicted octanol–water partition coefficient (Wildman–Crippen LogP) is 2.38. The van der Waals surface area contributed by atoms with Crippen LogP contribution in [0.4, 0.5) is 0 Å². The third-order valence-electron chi connectivity index (χ3n) is 4.26. The lowest BCUT2D eigenvalue weighted by Gasteiger charge is -2.42. The van der Waals surface area contributed by atoms with Gasteiger partial charge in [0.2, 0.25) is 0 Å². The Morgan fingerprint density at radius 1 is 1.20 bits per heavy atom. The van der Waals surface area contributed by atoms with E-state index in [4.69, 9.17) is 4.84 Å². The minimum atomic E-state index is -0.280. The lowest BCUT2D eigenvalue weighted by atomic mass is 9.82. The van der Waals surface area contributed by atoms with Crippen molar-refractivity contribution < 1.29 is 4.84 Å². The van der Waals surface area contributed by atoms with Crippen LogP contribution in [0, 0.1) is 11.3 Å². The van der Waals surface area contributed by atoms with Gasteiger partial charge in [0.05, 0.1) is 12.2 Å². The van der Waals surface area contributed by atoms with Crippen molar-refractivity contribution in [3.05, 3.63) is 0 Å². The summed E-state index contributed by atoms with van der Waals surface area (Å²) < 4.78 is 0. The topological polar surface area (TPSA) is 36.3 Å². The molecule has 1 saturated heterocycles. The lowest BCUT2D eigenvalue weighted by Crippen LogP contribution is -2.51. The van der Waals surface area contributed by atoms with Gasteiger partial charge in [-0.15, -0.1) is 0 Å². The molecule has 0 aromatic rings. The molecule has 3 rings (SSSR count). The van der Waals surface area contributed by atoms with Gasteiger partial charge in [0.25, 0.3) is 0 Å². The second kappa shape index (κ2) is 3.47. The smallest absolute Gasteiger partial charge is 0.133 e. The first-order valence-corrected chi connectivity index (χ1v) is 6.21. The molecule has 3 fully saturated rings. The molecular formula is C12H18N2O. The van der Waals surface area contributed by atoms with Gasteiger partial charge in [0, 0.05) is 6.04 Å². The van der Waals surface area contributed by atoms with E-state index in [1.54, 1.807) is 0 Å². The van der Waals surface area contributed by atoms with Crippen LogP contribution in [0.15, 0.2) is 0 Å². The molecule has 2 aliphatic carbocycles. The van der Waals surface area contributed by atoms with Gasteiger partial charge >= 0.3 is 0 Å². The number of nitriles is 1. The normalized spacial score (nSPS) is 39.1. The average Bonchev–Trinajstić information content (AvgIpc) is 2.92. The molecule has 0 N–H and O–H groups in total. The van der Waals surface area contributed by atoms with Gasteiger partial charge in [-0.1, -0.05) is 19.3 Å². The first-order chi connectivity index (χ1) is 7.34. The van der Waals surface area contributed by atoms with E-state index in [1.807, 2.05) is 0 Å². The Morgan fingerprint density at radius 2 is 2.00 bits per heavy atom. The van der Waals surface area contributed by atoms with Gasteiger partial charge < -0.3 is 0 Å². The Kier molecular flexibility index (Phi) is 2.22. The van der Waals surface area contributed by atoms with E-state index >= 15 is 0 Å². The van der Waals surface area contributed by atoms with Crippen molar-refractivity contribution >= 4 is 0 Å². The quantitative estimate of drug-likeness (QED) is 0.661. The summed E-state index contributed by atoms with van der Waals surface area (Å²) in [6.07, 6.45) is 9.67. The summed E-state index contributed by atoms with van der Waals surface area (Å²) in [6, 6.07) is 3.08. The van der Waals surface area contributed by atoms with Crippen LogP contribution < -0.4 is 0 Å². The lowest BCUT2D eigenvalue weighted by molar-refractivity contribution is -0.235. The standard InChI is InChI=1S/C12H18N2O/c13-9-12(6-2-1-3-7-12)14-10-4-5-11(8-10)15-14/h10-11H,1-8H2. The number of nitrogens with zero attached hydrogens (tertiary/aromatic N) is 2. The van der Waals surface area contributed by atoms with Gasteiger partial charge in [-0.3, -0.25) is 4.84 Å². The predicted molar refractivity (Wildman–Crippen MR) is 55.8 cm³/mol. The molecule has 0 radical (unpaired) electrons. The van der Waals surface area contributed by atoms with Crippen LogP contribution in [-0.4, -0.2) is 22.7 Å². The van der Waals surface area contributed by atoms with E-state index < -0.39 is 0 Å². The van der Waals surface area contributed by atoms with Crippen molar-refractivity contribution in [2.75, 3.05) is 0 Å². The maximum atomic E-state index is 9.46. The molecule has 0 aromatic carbocycles. The van der Waals surface area contributed by atoms with Crippen molar-refractivity contribution in [2.45, 2.75) is 69.1 Å². The molecule has 3 nitrogen and oxygen atoms in total. The van der Waals surface area contributed by atoms with Crippen LogP contribution in [0.1, 0.15) is 51.4 Å². The van der Waals surface area contributed by atoms with Crippen LogP contribution in [0.2, 0.25) is 0 Å². The monoisotopic (exact) mass is 206 g/mol. The molecule has 2 unspecified atom stereocenters. The van der Waals surface area contributed by atoms with E-state index in [1.165, 1.54) is 32.1 Å². The van der Waals surface area contributed by atoms with Crippen molar-refractivity contribution in [1.82, 2.24) is 5.06 Å². The largest absolute Gasteiger partial charge is 0.294 e. The molecule has 0 amide bonds. The Labute approximate surface area is 91.0 Å². The average molecular weight is 206 g/mol. The summed E-state index contributed by atoms with van der Waals surface area (Å²) in [4.78, 5) is 5.90. The van der Waals surface area contributed by atoms with Crippen molar-refractivity contribution in [3.63, 3.8) is 0 Å². The van der Waals surface area contributed by atoms with Crippen molar-refractivity contribution in [3.8, 4) is 6.07 Å². The fraction of sp³-hybridized carbons (Fsp3) is 0.917. The molecule has 15 heavy (non-hydrogen) atoms. The number of hydroxylamine groups is 2. The second-order valence-corrected chi connectivity index (χ2v) is 5.22. The number of hydrogen-bond acceptors (Lipinski definition) is 3. The highest BCUT2D eigenvalue weighted by atomic mass is 16.7. The minimum Gasteiger partial charge on any atom is -0.294 e. The van der Waals surface area contributed by atoms with E-state index in [2.05, 4.69) is 11.1 Å². The van der Waals surface area contributed by atoms with Crippen LogP contribution in [0.3, 0.4) is 0 Å². The Morgan fingerprint density at radius 3 is 2.53 bits per heavy atom. The van der Waals surface area contributed by atoms with Gasteiger partial charge in [0.15, 0.2) is 0 Å². The van der Waals surface area contributed by atoms with Gasteiger partial charge in [-0.25, -0.2) is 0 Å². The Balaban J connectivity index is 1.81. The van der Waals surface area contributed by atoms with E-state index in [-0.39, 0.29) is 5.54 Å². The maximum Gasteiger partial charge on any atom is 0.133 e. The van der Waals surface area contributed by atoms with E-state index in [9.17, 15) is 5.26 Å². The zero-order valence-corrected chi connectivity index (χ0v) is 9.11. The van der Waals surface area contributed by atoms with Gasteiger partial charge in [-0.05, 0) is 32.1 Å². The SMILES string of the molecule is N#CC1(N2OC3CCC2C3)CCCCC1. The summed E-state index contributed by atoms with van der Waals surface area (Å²) in [5, 5.41) is 11.5. The zero-order chi connectivity index (χ0) is 10.3. The molecule has 3 heteroatoms. The van der Waals surface area contributed by atoms with E-state index in [0.717, 1.165) is 19.3 Å². The highest BCUT2D eigenvalue weighted by Crippen LogP contribution is 2.44. The molecular weight excluding hydrogens is 188 g/mol. The summed E-state index contributed by atoms with van der Waals surface area (Å²) in [6.45, 7) is 0. The third kappa shape index (κ3) is 1.39. The van der Waals surface area contributed by atoms with Gasteiger partial charge in [-0.2, -0.15) is 10.3 Å². The summed E-state index contributed by atoms with van der Waals surface area (Å²) in [7, 11) is 0. The Hall–Kier alpha value is -0.590. The molecule has 82 valence electrons. The molecule has 1 aliphatic heterocycles. The maximum absolute atomic E-state index is 9.46. The summed E-state index contributed by atoms with van der Waals surface area (Å²) >= 11 is 0. The van der Waals surface area contributed by atoms with Gasteiger partial charge in [0.1, 0.15) is 5.54 Å². The Bertz CT molecular complexity index is 290. The molecule has 2 saturated carbocycles. The van der Waals surface area contributed by atoms with Crippen LogP contribution >= 0.6 is 0 Å². The third-order valence-corrected chi connectivity index (χ3v) is 4.26. The van der Waals surface area contributed by atoms with Crippen LogP contribution in [-0.2, 0) is 4.84 Å². The molecule has 2 bridgehead atoms. The highest BCUT2D eigenvalue weighted by Gasteiger charge is 2.50. The molecule has 0 aromatic heterocycles. The summed E-state index contributed by atoms with van der Waals surface area (Å²) in [5.41, 5.74) is -0.280. The minimum absolute atomic E-state index is 0.280. The van der Waals surface area contributed by atoms with Crippen molar-refractivity contribution in [2.24, 2.45) is 0 Å². The molecule has 0 spiro atoms. The van der Waals surface area contributed by atoms with Crippen LogP contribution in [0.5, 0.6) is 0 Å². The molecule has 1 heterocycles.